The van der Waals surface area contributed by atoms with Crippen LogP contribution in [0.1, 0.15) is 48.1 Å². The monoisotopic (exact) mass is 412 g/mol. The number of hydrogen-bond acceptors (Lipinski definition) is 5. The molecular weight excluding hydrogens is 384 g/mol. The number of methoxy groups -OCH3 is 1. The molecule has 0 heterocycles. The van der Waals surface area contributed by atoms with Crippen LogP contribution in [-0.4, -0.2) is 42.1 Å². The predicted octanol–water partition coefficient (Wildman–Crippen LogP) is 2.37. The Bertz CT molecular complexity index is 826. The summed E-state index contributed by atoms with van der Waals surface area (Å²) in [6, 6.07) is 15.4. The van der Waals surface area contributed by atoms with Gasteiger partial charge in [0.15, 0.2) is 6.10 Å². The maximum Gasteiger partial charge on any atom is 0.328 e. The SMILES string of the molecule is CCCC[C@H](NC(=O)[C@H](O)[C@@H](NC(=O)c1ccccc1)c1ccccc1)C(=O)OC. The maximum absolute atomic E-state index is 12.7. The molecule has 160 valence electrons. The van der Waals surface area contributed by atoms with Crippen LogP contribution in [0.5, 0.6) is 0 Å². The van der Waals surface area contributed by atoms with Crippen LogP contribution >= 0.6 is 0 Å². The Kier molecular flexibility index (Phi) is 9.03. The molecule has 3 N–H and O–H groups in total. The van der Waals surface area contributed by atoms with Gasteiger partial charge in [0.25, 0.3) is 11.8 Å². The van der Waals surface area contributed by atoms with Crippen LogP contribution in [0.4, 0.5) is 0 Å². The zero-order valence-corrected chi connectivity index (χ0v) is 17.2. The molecule has 0 unspecified atom stereocenters. The molecule has 7 nitrogen and oxygen atoms in total. The molecule has 7 heteroatoms. The van der Waals surface area contributed by atoms with E-state index in [1.165, 1.54) is 7.11 Å². The van der Waals surface area contributed by atoms with Gasteiger partial charge in [0, 0.05) is 5.56 Å². The van der Waals surface area contributed by atoms with Gasteiger partial charge in [0.2, 0.25) is 0 Å². The van der Waals surface area contributed by atoms with Gasteiger partial charge in [-0.1, -0.05) is 68.3 Å². The van der Waals surface area contributed by atoms with E-state index in [4.69, 9.17) is 4.74 Å². The standard InChI is InChI=1S/C23H28N2O5/c1-3-4-15-18(23(29)30-2)24-22(28)20(26)19(16-11-7-5-8-12-16)25-21(27)17-13-9-6-10-14-17/h5-14,18-20,26H,3-4,15H2,1-2H3,(H,24,28)(H,25,27)/t18-,19-,20+/m0/s1. The summed E-state index contributed by atoms with van der Waals surface area (Å²) >= 11 is 0. The number of nitrogens with one attached hydrogen (secondary N) is 2. The molecule has 30 heavy (non-hydrogen) atoms. The first-order valence-electron chi connectivity index (χ1n) is 9.95. The third-order valence-electron chi connectivity index (χ3n) is 4.71. The number of hydrogen-bond donors (Lipinski definition) is 3. The number of carbonyl (C=O) groups excluding carboxylic acids is 3. The maximum atomic E-state index is 12.7. The summed E-state index contributed by atoms with van der Waals surface area (Å²) in [7, 11) is 1.25. The van der Waals surface area contributed by atoms with E-state index in [-0.39, 0.29) is 0 Å². The Morgan fingerprint density at radius 3 is 2.13 bits per heavy atom. The minimum Gasteiger partial charge on any atom is -0.467 e. The van der Waals surface area contributed by atoms with Crippen molar-refractivity contribution >= 4 is 17.8 Å². The minimum absolute atomic E-state index is 0.397. The number of unbranched alkanes of at least 4 members (excludes halogenated alkanes) is 1. The fourth-order valence-electron chi connectivity index (χ4n) is 3.03. The van der Waals surface area contributed by atoms with E-state index in [1.807, 2.05) is 6.92 Å². The van der Waals surface area contributed by atoms with Crippen molar-refractivity contribution in [1.29, 1.82) is 0 Å². The van der Waals surface area contributed by atoms with Crippen molar-refractivity contribution in [1.82, 2.24) is 10.6 Å². The van der Waals surface area contributed by atoms with E-state index in [1.54, 1.807) is 60.7 Å². The van der Waals surface area contributed by atoms with E-state index in [0.29, 0.717) is 24.0 Å². The molecule has 0 bridgehead atoms. The second-order valence-corrected chi connectivity index (χ2v) is 6.90. The summed E-state index contributed by atoms with van der Waals surface area (Å²) in [5.41, 5.74) is 0.967. The van der Waals surface area contributed by atoms with Crippen LogP contribution in [-0.2, 0) is 14.3 Å². The normalized spacial score (nSPS) is 13.6. The van der Waals surface area contributed by atoms with Crippen molar-refractivity contribution in [2.45, 2.75) is 44.4 Å². The number of aliphatic hydroxyl groups excluding tert-OH is 1. The van der Waals surface area contributed by atoms with Crippen LogP contribution in [0.25, 0.3) is 0 Å². The fraction of sp³-hybridized carbons (Fsp3) is 0.348. The van der Waals surface area contributed by atoms with Crippen molar-refractivity contribution in [3.05, 3.63) is 71.8 Å². The highest BCUT2D eigenvalue weighted by Crippen LogP contribution is 2.19. The number of amides is 2. The summed E-state index contributed by atoms with van der Waals surface area (Å²) in [6.45, 7) is 1.97. The summed E-state index contributed by atoms with van der Waals surface area (Å²) in [6.07, 6.45) is 0.344. The summed E-state index contributed by atoms with van der Waals surface area (Å²) in [4.78, 5) is 37.4. The van der Waals surface area contributed by atoms with Gasteiger partial charge in [-0.2, -0.15) is 0 Å². The van der Waals surface area contributed by atoms with E-state index < -0.39 is 36.0 Å². The molecule has 2 aromatic carbocycles. The average molecular weight is 412 g/mol. The van der Waals surface area contributed by atoms with Gasteiger partial charge >= 0.3 is 5.97 Å². The van der Waals surface area contributed by atoms with Crippen molar-refractivity contribution in [3.63, 3.8) is 0 Å². The molecule has 0 saturated heterocycles. The van der Waals surface area contributed by atoms with E-state index >= 15 is 0 Å². The van der Waals surface area contributed by atoms with Crippen LogP contribution in [0.15, 0.2) is 60.7 Å². The number of rotatable bonds is 10. The molecule has 0 aliphatic carbocycles. The molecule has 2 amide bonds. The Hall–Kier alpha value is -3.19. The van der Waals surface area contributed by atoms with Crippen molar-refractivity contribution < 1.29 is 24.2 Å². The van der Waals surface area contributed by atoms with Crippen LogP contribution in [0.2, 0.25) is 0 Å². The first kappa shape index (κ1) is 23.1. The molecule has 2 aromatic rings. The van der Waals surface area contributed by atoms with E-state index in [0.717, 1.165) is 6.42 Å². The van der Waals surface area contributed by atoms with Crippen LogP contribution in [0.3, 0.4) is 0 Å². The van der Waals surface area contributed by atoms with E-state index in [2.05, 4.69) is 10.6 Å². The zero-order valence-electron chi connectivity index (χ0n) is 17.2. The third kappa shape index (κ3) is 6.42. The highest BCUT2D eigenvalue weighted by Gasteiger charge is 2.32. The Morgan fingerprint density at radius 1 is 0.967 bits per heavy atom. The second-order valence-electron chi connectivity index (χ2n) is 6.90. The third-order valence-corrected chi connectivity index (χ3v) is 4.71. The highest BCUT2D eigenvalue weighted by atomic mass is 16.5. The smallest absolute Gasteiger partial charge is 0.328 e. The molecule has 0 saturated carbocycles. The Labute approximate surface area is 176 Å². The molecule has 0 radical (unpaired) electrons. The van der Waals surface area contributed by atoms with E-state index in [9.17, 15) is 19.5 Å². The van der Waals surface area contributed by atoms with Gasteiger partial charge in [-0.05, 0) is 24.1 Å². The number of aliphatic hydroxyl groups is 1. The van der Waals surface area contributed by atoms with Gasteiger partial charge in [-0.25, -0.2) is 4.79 Å². The minimum atomic E-state index is -1.60. The summed E-state index contributed by atoms with van der Waals surface area (Å²) in [5.74, 6) is -1.76. The van der Waals surface area contributed by atoms with Gasteiger partial charge in [0.05, 0.1) is 13.2 Å². The van der Waals surface area contributed by atoms with Crippen molar-refractivity contribution in [2.75, 3.05) is 7.11 Å². The summed E-state index contributed by atoms with van der Waals surface area (Å²) < 4.78 is 4.75. The van der Waals surface area contributed by atoms with Crippen molar-refractivity contribution in [3.8, 4) is 0 Å². The first-order valence-corrected chi connectivity index (χ1v) is 9.95. The molecule has 3 atom stereocenters. The zero-order chi connectivity index (χ0) is 21.9. The molecule has 0 spiro atoms. The number of benzene rings is 2. The second kappa shape index (κ2) is 11.7. The Morgan fingerprint density at radius 2 is 1.57 bits per heavy atom. The highest BCUT2D eigenvalue weighted by molar-refractivity contribution is 5.95. The van der Waals surface area contributed by atoms with Gasteiger partial charge in [-0.15, -0.1) is 0 Å². The van der Waals surface area contributed by atoms with Gasteiger partial charge in [0.1, 0.15) is 6.04 Å². The topological polar surface area (TPSA) is 105 Å². The largest absolute Gasteiger partial charge is 0.467 e. The lowest BCUT2D eigenvalue weighted by atomic mass is 9.99. The number of ether oxygens (including phenoxy) is 1. The lowest BCUT2D eigenvalue weighted by Gasteiger charge is -2.26. The molecule has 0 aliphatic rings. The molecule has 0 aliphatic heterocycles. The average Bonchev–Trinajstić information content (AvgIpc) is 2.80. The van der Waals surface area contributed by atoms with Crippen LogP contribution in [0, 0.1) is 0 Å². The van der Waals surface area contributed by atoms with Crippen molar-refractivity contribution in [2.24, 2.45) is 0 Å². The van der Waals surface area contributed by atoms with Gasteiger partial charge < -0.3 is 20.5 Å². The molecule has 2 rings (SSSR count). The fourth-order valence-corrected chi connectivity index (χ4v) is 3.03. The Balaban J connectivity index is 2.21. The lowest BCUT2D eigenvalue weighted by Crippen LogP contribution is -2.50. The first-order chi connectivity index (χ1) is 14.5. The molecule has 0 aromatic heterocycles. The van der Waals surface area contributed by atoms with Crippen LogP contribution < -0.4 is 10.6 Å². The predicted molar refractivity (Wildman–Crippen MR) is 113 cm³/mol. The number of carbonyl (C=O) groups is 3. The van der Waals surface area contributed by atoms with Gasteiger partial charge in [-0.3, -0.25) is 9.59 Å². The summed E-state index contributed by atoms with van der Waals surface area (Å²) in [5, 5.41) is 16.1. The number of esters is 1. The quantitative estimate of drug-likeness (QED) is 0.520. The molecular formula is C23H28N2O5. The lowest BCUT2D eigenvalue weighted by molar-refractivity contribution is -0.146. The molecule has 0 fully saturated rings.